The Morgan fingerprint density at radius 2 is 2.14 bits per heavy atom. The summed E-state index contributed by atoms with van der Waals surface area (Å²) in [7, 11) is -0.338. The Morgan fingerprint density at radius 1 is 1.38 bits per heavy atom. The lowest BCUT2D eigenvalue weighted by atomic mass is 10.3. The molecule has 1 aromatic heterocycles. The van der Waals surface area contributed by atoms with Gasteiger partial charge in [-0.25, -0.2) is 13.1 Å². The molecule has 0 fully saturated rings. The number of nitrogens with zero attached hydrogens (tertiary/aromatic N) is 2. The molecule has 0 saturated carbocycles. The average molecular weight is 310 g/mol. The number of ether oxygens (including phenoxy) is 1. The molecule has 0 aliphatic carbocycles. The summed E-state index contributed by atoms with van der Waals surface area (Å²) in [6.45, 7) is 0.270. The van der Waals surface area contributed by atoms with E-state index in [1.54, 1.807) is 4.68 Å². The molecule has 0 bridgehead atoms. The number of hydrogen-bond donors (Lipinski definition) is 2. The molecule has 0 saturated heterocycles. The summed E-state index contributed by atoms with van der Waals surface area (Å²) in [6.07, 6.45) is 2.33. The fourth-order valence-corrected chi connectivity index (χ4v) is 2.90. The van der Waals surface area contributed by atoms with Gasteiger partial charge in [0.2, 0.25) is 10.0 Å². The highest BCUT2D eigenvalue weighted by atomic mass is 32.2. The Hall–Kier alpha value is -2.06. The number of aromatic nitrogens is 2. The van der Waals surface area contributed by atoms with E-state index in [0.29, 0.717) is 17.9 Å². The third-order valence-corrected chi connectivity index (χ3v) is 4.42. The number of nitrogens with two attached hydrogens (primary N) is 1. The van der Waals surface area contributed by atoms with Crippen LogP contribution in [0.15, 0.2) is 35.4 Å². The van der Waals surface area contributed by atoms with Crippen molar-refractivity contribution in [2.75, 3.05) is 19.4 Å². The van der Waals surface area contributed by atoms with Crippen LogP contribution >= 0.6 is 0 Å². The number of aryl methyl sites for hydroxylation is 1. The van der Waals surface area contributed by atoms with Gasteiger partial charge in [0.15, 0.2) is 0 Å². The number of nitrogen functional groups attached to an aromatic ring is 1. The van der Waals surface area contributed by atoms with Crippen LogP contribution in [0.25, 0.3) is 0 Å². The number of anilines is 1. The van der Waals surface area contributed by atoms with Crippen molar-refractivity contribution in [3.05, 3.63) is 36.2 Å². The van der Waals surface area contributed by atoms with Crippen LogP contribution in [0.5, 0.6) is 5.75 Å². The monoisotopic (exact) mass is 310 g/mol. The molecule has 7 nitrogen and oxygen atoms in total. The summed E-state index contributed by atoms with van der Waals surface area (Å²) in [4.78, 5) is 0.120. The molecule has 0 spiro atoms. The Balaban J connectivity index is 2.04. The number of nitrogens with one attached hydrogen (secondary N) is 1. The van der Waals surface area contributed by atoms with Gasteiger partial charge >= 0.3 is 0 Å². The van der Waals surface area contributed by atoms with Crippen molar-refractivity contribution in [2.45, 2.75) is 11.3 Å². The van der Waals surface area contributed by atoms with E-state index in [9.17, 15) is 8.42 Å². The van der Waals surface area contributed by atoms with Gasteiger partial charge in [0.25, 0.3) is 0 Å². The molecule has 0 atom stereocenters. The van der Waals surface area contributed by atoms with Gasteiger partial charge in [-0.05, 0) is 18.2 Å². The van der Waals surface area contributed by atoms with E-state index in [4.69, 9.17) is 10.5 Å². The van der Waals surface area contributed by atoms with Crippen LogP contribution < -0.4 is 15.2 Å². The van der Waals surface area contributed by atoms with Crippen molar-refractivity contribution in [1.82, 2.24) is 14.5 Å². The first-order chi connectivity index (χ1) is 9.92. The summed E-state index contributed by atoms with van der Waals surface area (Å²) in [5, 5.41) is 4.19. The van der Waals surface area contributed by atoms with E-state index < -0.39 is 10.0 Å². The number of sulfonamides is 1. The largest absolute Gasteiger partial charge is 0.495 e. The minimum atomic E-state index is -3.59. The molecule has 0 aliphatic rings. The highest BCUT2D eigenvalue weighted by Gasteiger charge is 2.15. The molecule has 114 valence electrons. The summed E-state index contributed by atoms with van der Waals surface area (Å²) in [5.74, 6) is 0.336. The van der Waals surface area contributed by atoms with E-state index in [2.05, 4.69) is 9.82 Å². The molecular formula is C13H18N4O3S. The Kier molecular flexibility index (Phi) is 4.49. The van der Waals surface area contributed by atoms with E-state index in [-0.39, 0.29) is 11.4 Å². The predicted octanol–water partition coefficient (Wildman–Crippen LogP) is 0.532. The van der Waals surface area contributed by atoms with Crippen molar-refractivity contribution in [1.29, 1.82) is 0 Å². The minimum absolute atomic E-state index is 0.120. The van der Waals surface area contributed by atoms with E-state index in [1.165, 1.54) is 25.3 Å². The van der Waals surface area contributed by atoms with Crippen LogP contribution in [0.3, 0.4) is 0 Å². The lowest BCUT2D eigenvalue weighted by molar-refractivity contribution is 0.415. The fraction of sp³-hybridized carbons (Fsp3) is 0.308. The number of rotatable bonds is 6. The van der Waals surface area contributed by atoms with Crippen molar-refractivity contribution in [3.63, 3.8) is 0 Å². The number of benzene rings is 1. The summed E-state index contributed by atoms with van der Waals surface area (Å²) < 4.78 is 33.6. The summed E-state index contributed by atoms with van der Waals surface area (Å²) in [5.41, 5.74) is 6.89. The third-order valence-electron chi connectivity index (χ3n) is 2.96. The second-order valence-electron chi connectivity index (χ2n) is 4.53. The highest BCUT2D eigenvalue weighted by molar-refractivity contribution is 7.89. The minimum Gasteiger partial charge on any atom is -0.495 e. The quantitative estimate of drug-likeness (QED) is 0.758. The number of hydrogen-bond acceptors (Lipinski definition) is 5. The molecule has 1 heterocycles. The van der Waals surface area contributed by atoms with E-state index >= 15 is 0 Å². The van der Waals surface area contributed by atoms with Gasteiger partial charge in [-0.1, -0.05) is 0 Å². The lowest BCUT2D eigenvalue weighted by Gasteiger charge is -2.09. The molecule has 0 aliphatic heterocycles. The van der Waals surface area contributed by atoms with Crippen molar-refractivity contribution >= 4 is 15.7 Å². The summed E-state index contributed by atoms with van der Waals surface area (Å²) in [6, 6.07) is 6.20. The SMILES string of the molecule is COc1cc(S(=O)(=O)NCCc2ccn(C)n2)ccc1N. The van der Waals surface area contributed by atoms with Crippen molar-refractivity contribution in [2.24, 2.45) is 7.05 Å². The van der Waals surface area contributed by atoms with Crippen LogP contribution in [-0.4, -0.2) is 31.9 Å². The highest BCUT2D eigenvalue weighted by Crippen LogP contribution is 2.24. The first-order valence-electron chi connectivity index (χ1n) is 6.34. The maximum absolute atomic E-state index is 12.2. The van der Waals surface area contributed by atoms with Gasteiger partial charge in [-0.2, -0.15) is 5.10 Å². The molecule has 0 unspecified atom stereocenters. The van der Waals surface area contributed by atoms with Crippen LogP contribution in [0.1, 0.15) is 5.69 Å². The number of methoxy groups -OCH3 is 1. The molecule has 1 aromatic carbocycles. The molecule has 3 N–H and O–H groups in total. The van der Waals surface area contributed by atoms with Gasteiger partial charge in [0.05, 0.1) is 23.4 Å². The van der Waals surface area contributed by atoms with Gasteiger partial charge in [0.1, 0.15) is 5.75 Å². The zero-order chi connectivity index (χ0) is 15.5. The van der Waals surface area contributed by atoms with Crippen LogP contribution in [-0.2, 0) is 23.5 Å². The second kappa shape index (κ2) is 6.15. The normalized spacial score (nSPS) is 11.5. The zero-order valence-electron chi connectivity index (χ0n) is 11.9. The average Bonchev–Trinajstić information content (AvgIpc) is 2.84. The molecular weight excluding hydrogens is 292 g/mol. The van der Waals surface area contributed by atoms with Crippen molar-refractivity contribution in [3.8, 4) is 5.75 Å². The molecule has 21 heavy (non-hydrogen) atoms. The van der Waals surface area contributed by atoms with Crippen molar-refractivity contribution < 1.29 is 13.2 Å². The van der Waals surface area contributed by atoms with E-state index in [0.717, 1.165) is 5.69 Å². The standard InChI is InChI=1S/C13H18N4O3S/c1-17-8-6-10(16-17)5-7-15-21(18,19)11-3-4-12(14)13(9-11)20-2/h3-4,6,8-9,15H,5,7,14H2,1-2H3. The van der Waals surface area contributed by atoms with E-state index in [1.807, 2.05) is 19.3 Å². The van der Waals surface area contributed by atoms with Crippen LogP contribution in [0.4, 0.5) is 5.69 Å². The van der Waals surface area contributed by atoms with Gasteiger partial charge in [-0.15, -0.1) is 0 Å². The molecule has 2 aromatic rings. The van der Waals surface area contributed by atoms with Gasteiger partial charge < -0.3 is 10.5 Å². The maximum Gasteiger partial charge on any atom is 0.240 e. The molecule has 2 rings (SSSR count). The summed E-state index contributed by atoms with van der Waals surface area (Å²) >= 11 is 0. The molecule has 0 amide bonds. The zero-order valence-corrected chi connectivity index (χ0v) is 12.7. The smallest absolute Gasteiger partial charge is 0.240 e. The Bertz CT molecular complexity index is 725. The van der Waals surface area contributed by atoms with Crippen LogP contribution in [0, 0.1) is 0 Å². The maximum atomic E-state index is 12.2. The first kappa shape index (κ1) is 15.3. The fourth-order valence-electron chi connectivity index (χ4n) is 1.85. The topological polar surface area (TPSA) is 99.2 Å². The first-order valence-corrected chi connectivity index (χ1v) is 7.82. The predicted molar refractivity (Wildman–Crippen MR) is 79.5 cm³/mol. The lowest BCUT2D eigenvalue weighted by Crippen LogP contribution is -2.26. The molecule has 8 heteroatoms. The second-order valence-corrected chi connectivity index (χ2v) is 6.30. The molecule has 0 radical (unpaired) electrons. The Morgan fingerprint density at radius 3 is 2.76 bits per heavy atom. The van der Waals surface area contributed by atoms with Crippen LogP contribution in [0.2, 0.25) is 0 Å². The van der Waals surface area contributed by atoms with Gasteiger partial charge in [-0.3, -0.25) is 4.68 Å². The third kappa shape index (κ3) is 3.73. The van der Waals surface area contributed by atoms with Gasteiger partial charge in [0, 0.05) is 32.3 Å². The Labute approximate surface area is 123 Å².